The zero-order valence-corrected chi connectivity index (χ0v) is 20.9. The second kappa shape index (κ2) is 10.8. The first-order valence-corrected chi connectivity index (χ1v) is 13.1. The highest BCUT2D eigenvalue weighted by Gasteiger charge is 2.39. The normalized spacial score (nSPS) is 21.9. The lowest BCUT2D eigenvalue weighted by molar-refractivity contribution is -0.144. The number of rotatable bonds is 6. The average molecular weight is 560 g/mol. The molecule has 0 aliphatic carbocycles. The third-order valence-electron chi connectivity index (χ3n) is 6.29. The van der Waals surface area contributed by atoms with Crippen LogP contribution >= 0.6 is 0 Å². The summed E-state index contributed by atoms with van der Waals surface area (Å²) in [6.45, 7) is -1.43. The molecule has 0 bridgehead atoms. The number of nitrogens with one attached hydrogen (secondary N) is 2. The van der Waals surface area contributed by atoms with Gasteiger partial charge in [0.2, 0.25) is 5.91 Å². The number of halogens is 4. The molecule has 0 aromatic heterocycles. The molecule has 4 rings (SSSR count). The Morgan fingerprint density at radius 3 is 2.53 bits per heavy atom. The number of alkyl halides is 3. The van der Waals surface area contributed by atoms with E-state index >= 15 is 0 Å². The van der Waals surface area contributed by atoms with E-state index in [1.807, 2.05) is 5.32 Å². The summed E-state index contributed by atoms with van der Waals surface area (Å²) in [5, 5.41) is 1.82. The van der Waals surface area contributed by atoms with E-state index in [1.165, 1.54) is 23.1 Å². The molecule has 0 unspecified atom stereocenters. The van der Waals surface area contributed by atoms with Crippen LogP contribution in [-0.2, 0) is 19.6 Å². The third kappa shape index (κ3) is 6.54. The van der Waals surface area contributed by atoms with E-state index in [-0.39, 0.29) is 34.9 Å². The van der Waals surface area contributed by atoms with Gasteiger partial charge in [-0.25, -0.2) is 12.8 Å². The molecule has 0 saturated carbocycles. The van der Waals surface area contributed by atoms with Crippen LogP contribution in [0.4, 0.5) is 23.2 Å². The van der Waals surface area contributed by atoms with Gasteiger partial charge in [0.1, 0.15) is 30.8 Å². The van der Waals surface area contributed by atoms with Gasteiger partial charge >= 0.3 is 6.18 Å². The number of likely N-dealkylation sites (N-methyl/N-ethyl adjacent to an activating group) is 1. The molecule has 2 heterocycles. The molecule has 2 amide bonds. The Morgan fingerprint density at radius 1 is 1.13 bits per heavy atom. The molecule has 1 fully saturated rings. The van der Waals surface area contributed by atoms with E-state index in [9.17, 15) is 35.6 Å². The molecule has 2 N–H and O–H groups in total. The Morgan fingerprint density at radius 2 is 1.84 bits per heavy atom. The minimum absolute atomic E-state index is 0.00336. The topological polar surface area (TPSA) is 114 Å². The predicted octanol–water partition coefficient (Wildman–Crippen LogP) is 3.08. The Bertz CT molecular complexity index is 1300. The van der Waals surface area contributed by atoms with Gasteiger partial charge < -0.3 is 19.7 Å². The lowest BCUT2D eigenvalue weighted by Gasteiger charge is -2.42. The third-order valence-corrected chi connectivity index (χ3v) is 7.68. The van der Waals surface area contributed by atoms with Gasteiger partial charge in [0, 0.05) is 12.7 Å². The van der Waals surface area contributed by atoms with Crippen molar-refractivity contribution >= 4 is 27.5 Å². The number of amides is 2. The van der Waals surface area contributed by atoms with Gasteiger partial charge in [0.15, 0.2) is 0 Å². The van der Waals surface area contributed by atoms with Gasteiger partial charge in [-0.2, -0.15) is 13.2 Å². The van der Waals surface area contributed by atoms with Crippen LogP contribution in [0.1, 0.15) is 29.6 Å². The van der Waals surface area contributed by atoms with E-state index in [1.54, 1.807) is 7.05 Å². The molecule has 0 spiro atoms. The van der Waals surface area contributed by atoms with Gasteiger partial charge in [-0.3, -0.25) is 14.3 Å². The van der Waals surface area contributed by atoms with Crippen molar-refractivity contribution in [1.82, 2.24) is 10.2 Å². The second-order valence-corrected chi connectivity index (χ2v) is 10.7. The Balaban J connectivity index is 1.46. The smallest absolute Gasteiger partial charge is 0.405 e. The van der Waals surface area contributed by atoms with E-state index < -0.39 is 58.6 Å². The monoisotopic (exact) mass is 559 g/mol. The first kappa shape index (κ1) is 27.6. The highest BCUT2D eigenvalue weighted by molar-refractivity contribution is 7.92. The molecule has 2 aromatic rings. The molecule has 38 heavy (non-hydrogen) atoms. The fourth-order valence-electron chi connectivity index (χ4n) is 4.40. The maximum absolute atomic E-state index is 13.3. The molecule has 2 aromatic carbocycles. The van der Waals surface area contributed by atoms with Crippen LogP contribution in [0.15, 0.2) is 47.4 Å². The summed E-state index contributed by atoms with van der Waals surface area (Å²) in [6.07, 6.45) is -5.30. The lowest BCUT2D eigenvalue weighted by atomic mass is 9.94. The molecule has 0 radical (unpaired) electrons. The van der Waals surface area contributed by atoms with Crippen molar-refractivity contribution in [1.29, 1.82) is 0 Å². The van der Waals surface area contributed by atoms with Crippen molar-refractivity contribution in [2.45, 2.75) is 48.6 Å². The summed E-state index contributed by atoms with van der Waals surface area (Å²) in [5.74, 6) is -1.65. The minimum atomic E-state index is -4.52. The van der Waals surface area contributed by atoms with Crippen LogP contribution in [0.5, 0.6) is 5.75 Å². The van der Waals surface area contributed by atoms with Gasteiger partial charge in [-0.1, -0.05) is 0 Å². The summed E-state index contributed by atoms with van der Waals surface area (Å²) in [5.41, 5.74) is 0.208. The summed E-state index contributed by atoms with van der Waals surface area (Å²) >= 11 is 0. The molecule has 206 valence electrons. The van der Waals surface area contributed by atoms with E-state index in [0.29, 0.717) is 12.8 Å². The van der Waals surface area contributed by atoms with Crippen LogP contribution in [-0.4, -0.2) is 69.8 Å². The molecule has 14 heteroatoms. The first-order valence-electron chi connectivity index (χ1n) is 11.6. The van der Waals surface area contributed by atoms with Crippen molar-refractivity contribution in [2.24, 2.45) is 0 Å². The number of nitrogens with zero attached hydrogens (tertiary/aromatic N) is 1. The van der Waals surface area contributed by atoms with Crippen molar-refractivity contribution in [3.8, 4) is 5.75 Å². The zero-order valence-electron chi connectivity index (χ0n) is 20.1. The molecule has 3 atom stereocenters. The number of fused-ring (bicyclic) bond motifs is 2. The van der Waals surface area contributed by atoms with Crippen LogP contribution in [0.3, 0.4) is 0 Å². The fourth-order valence-corrected chi connectivity index (χ4v) is 5.45. The van der Waals surface area contributed by atoms with Gasteiger partial charge in [0.05, 0.1) is 29.0 Å². The molecule has 1 saturated heterocycles. The van der Waals surface area contributed by atoms with E-state index in [2.05, 4.69) is 4.72 Å². The lowest BCUT2D eigenvalue weighted by Crippen LogP contribution is -2.54. The van der Waals surface area contributed by atoms with Crippen molar-refractivity contribution in [3.63, 3.8) is 0 Å². The van der Waals surface area contributed by atoms with Crippen LogP contribution in [0, 0.1) is 5.82 Å². The first-order chi connectivity index (χ1) is 17.8. The van der Waals surface area contributed by atoms with E-state index in [4.69, 9.17) is 9.47 Å². The quantitative estimate of drug-likeness (QED) is 0.526. The number of anilines is 1. The van der Waals surface area contributed by atoms with Crippen molar-refractivity contribution in [2.75, 3.05) is 24.9 Å². The van der Waals surface area contributed by atoms with Crippen molar-refractivity contribution in [3.05, 3.63) is 53.8 Å². The van der Waals surface area contributed by atoms with Gasteiger partial charge in [0.25, 0.3) is 15.9 Å². The largest absolute Gasteiger partial charge is 0.490 e. The van der Waals surface area contributed by atoms with Gasteiger partial charge in [-0.05, 0) is 55.3 Å². The number of carbonyl (C=O) groups is 2. The standard InChI is InChI=1S/C24H25F4N3O6S/c1-31-19-8-5-16(11-22(32)29-13-24(26,27)28)37-21(19)12-36-20-9-4-15(10-18(20)23(31)33)30-38(34,35)17-6-2-14(25)3-7-17/h2-4,6-7,9-10,16,19,21,30H,5,8,11-13H2,1H3,(H,29,32)/t16-,19+,21-/m0/s1. The van der Waals surface area contributed by atoms with Crippen LogP contribution < -0.4 is 14.8 Å². The SMILES string of the molecule is CN1C(=O)c2cc(NS(=O)(=O)c3ccc(F)cc3)ccc2OC[C@@H]2O[C@H](CC(=O)NCC(F)(F)F)CC[C@H]21. The summed E-state index contributed by atoms with van der Waals surface area (Å²) in [6, 6.07) is 7.99. The Hall–Kier alpha value is -3.39. The van der Waals surface area contributed by atoms with Crippen molar-refractivity contribution < 1.29 is 45.0 Å². The molecule has 2 aliphatic heterocycles. The predicted molar refractivity (Wildman–Crippen MR) is 127 cm³/mol. The maximum Gasteiger partial charge on any atom is 0.405 e. The van der Waals surface area contributed by atoms with Crippen LogP contribution in [0.25, 0.3) is 0 Å². The number of hydrogen-bond acceptors (Lipinski definition) is 6. The zero-order chi connectivity index (χ0) is 27.7. The fraction of sp³-hybridized carbons (Fsp3) is 0.417. The second-order valence-electron chi connectivity index (χ2n) is 9.03. The number of benzene rings is 2. The molecule has 2 aliphatic rings. The Kier molecular flexibility index (Phi) is 7.83. The highest BCUT2D eigenvalue weighted by Crippen LogP contribution is 2.33. The summed E-state index contributed by atoms with van der Waals surface area (Å²) in [7, 11) is -2.49. The van der Waals surface area contributed by atoms with Crippen LogP contribution in [0.2, 0.25) is 0 Å². The summed E-state index contributed by atoms with van der Waals surface area (Å²) in [4.78, 5) is 26.5. The average Bonchev–Trinajstić information content (AvgIpc) is 2.85. The minimum Gasteiger partial charge on any atom is -0.490 e. The molecule has 9 nitrogen and oxygen atoms in total. The van der Waals surface area contributed by atoms with E-state index in [0.717, 1.165) is 24.3 Å². The number of sulfonamides is 1. The number of carbonyl (C=O) groups excluding carboxylic acids is 2. The van der Waals surface area contributed by atoms with Gasteiger partial charge in [-0.15, -0.1) is 0 Å². The highest BCUT2D eigenvalue weighted by atomic mass is 32.2. The number of ether oxygens (including phenoxy) is 2. The maximum atomic E-state index is 13.3. The molecular weight excluding hydrogens is 534 g/mol. The number of hydrogen-bond donors (Lipinski definition) is 2. The molecular formula is C24H25F4N3O6S. The Labute approximate surface area is 216 Å². The summed E-state index contributed by atoms with van der Waals surface area (Å²) < 4.78 is 89.7.